The molecule has 154 valence electrons. The van der Waals surface area contributed by atoms with E-state index in [0.29, 0.717) is 39.9 Å². The third kappa shape index (κ3) is 4.11. The van der Waals surface area contributed by atoms with Crippen LogP contribution in [0.3, 0.4) is 0 Å². The van der Waals surface area contributed by atoms with Gasteiger partial charge in [0, 0.05) is 23.2 Å². The number of ketones is 2. The molecule has 0 saturated heterocycles. The maximum absolute atomic E-state index is 12.8. The molecule has 2 heterocycles. The van der Waals surface area contributed by atoms with Gasteiger partial charge in [0.15, 0.2) is 11.6 Å². The average molecular weight is 449 g/mol. The molecule has 0 N–H and O–H groups in total. The molecule has 2 aromatic carbocycles. The first-order chi connectivity index (χ1) is 15.1. The first kappa shape index (κ1) is 19.9. The Hall–Kier alpha value is -3.03. The highest BCUT2D eigenvalue weighted by atomic mass is 35.5. The summed E-state index contributed by atoms with van der Waals surface area (Å²) < 4.78 is 1.52. The number of Topliss-reactive ketones (excluding diaryl/α,β-unsaturated/α-hetero) is 2. The number of hydrogen-bond acceptors (Lipinski definition) is 6. The molecule has 0 spiro atoms. The van der Waals surface area contributed by atoms with E-state index in [1.165, 1.54) is 16.3 Å². The van der Waals surface area contributed by atoms with Gasteiger partial charge >= 0.3 is 0 Å². The van der Waals surface area contributed by atoms with E-state index < -0.39 is 0 Å². The van der Waals surface area contributed by atoms with Crippen LogP contribution < -0.4 is 0 Å². The summed E-state index contributed by atoms with van der Waals surface area (Å²) >= 11 is 7.25. The molecule has 31 heavy (non-hydrogen) atoms. The van der Waals surface area contributed by atoms with Gasteiger partial charge in [-0.25, -0.2) is 9.50 Å². The molecule has 0 bridgehead atoms. The highest BCUT2D eigenvalue weighted by Gasteiger charge is 2.28. The van der Waals surface area contributed by atoms with Crippen molar-refractivity contribution in [3.05, 3.63) is 88.2 Å². The Bertz CT molecular complexity index is 1290. The van der Waals surface area contributed by atoms with Crippen LogP contribution in [0, 0.1) is 0 Å². The number of carbonyl (C=O) groups excluding carboxylic acids is 2. The summed E-state index contributed by atoms with van der Waals surface area (Å²) in [5, 5.41) is 5.53. The van der Waals surface area contributed by atoms with Gasteiger partial charge in [-0.2, -0.15) is 4.98 Å². The first-order valence-electron chi connectivity index (χ1n) is 9.83. The molecule has 1 atom stereocenters. The molecule has 0 saturated carbocycles. The zero-order valence-electron chi connectivity index (χ0n) is 16.4. The predicted octanol–water partition coefficient (Wildman–Crippen LogP) is 4.67. The summed E-state index contributed by atoms with van der Waals surface area (Å²) in [6.45, 7) is 0. The van der Waals surface area contributed by atoms with Crippen molar-refractivity contribution >= 4 is 40.7 Å². The van der Waals surface area contributed by atoms with Crippen LogP contribution in [0.25, 0.3) is 5.78 Å². The van der Waals surface area contributed by atoms with Crippen molar-refractivity contribution in [1.29, 1.82) is 0 Å². The van der Waals surface area contributed by atoms with Crippen LogP contribution in [0.2, 0.25) is 5.02 Å². The second kappa shape index (κ2) is 8.24. The van der Waals surface area contributed by atoms with Gasteiger partial charge in [-0.15, -0.1) is 5.10 Å². The SMILES string of the molecule is O=C(CSc1nc2nc3c(cn2n1)C(=O)CC(c1ccc(Cl)cc1)C3)c1ccccc1. The maximum Gasteiger partial charge on any atom is 0.253 e. The van der Waals surface area contributed by atoms with Gasteiger partial charge in [-0.05, 0) is 30.0 Å². The minimum Gasteiger partial charge on any atom is -0.294 e. The zero-order chi connectivity index (χ0) is 21.4. The van der Waals surface area contributed by atoms with Gasteiger partial charge in [-0.1, -0.05) is 65.8 Å². The van der Waals surface area contributed by atoms with Crippen molar-refractivity contribution in [1.82, 2.24) is 19.6 Å². The molecule has 1 aliphatic carbocycles. The Morgan fingerprint density at radius 2 is 1.84 bits per heavy atom. The lowest BCUT2D eigenvalue weighted by atomic mass is 9.82. The third-order valence-electron chi connectivity index (χ3n) is 5.33. The summed E-state index contributed by atoms with van der Waals surface area (Å²) in [4.78, 5) is 34.2. The molecule has 0 radical (unpaired) electrons. The number of thioether (sulfide) groups is 1. The van der Waals surface area contributed by atoms with E-state index in [4.69, 9.17) is 11.6 Å². The summed E-state index contributed by atoms with van der Waals surface area (Å²) in [6.07, 6.45) is 2.78. The van der Waals surface area contributed by atoms with Crippen molar-refractivity contribution in [2.45, 2.75) is 23.9 Å². The topological polar surface area (TPSA) is 77.2 Å². The summed E-state index contributed by atoms with van der Waals surface area (Å²) in [6, 6.07) is 16.7. The van der Waals surface area contributed by atoms with E-state index in [9.17, 15) is 9.59 Å². The van der Waals surface area contributed by atoms with Crippen molar-refractivity contribution in [2.24, 2.45) is 0 Å². The summed E-state index contributed by atoms with van der Waals surface area (Å²) in [5.74, 6) is 0.778. The van der Waals surface area contributed by atoms with Gasteiger partial charge in [-0.3, -0.25) is 9.59 Å². The minimum absolute atomic E-state index is 0.0118. The number of rotatable bonds is 5. The van der Waals surface area contributed by atoms with Crippen LogP contribution in [-0.2, 0) is 6.42 Å². The molecule has 5 rings (SSSR count). The number of nitrogens with zero attached hydrogens (tertiary/aromatic N) is 4. The van der Waals surface area contributed by atoms with Gasteiger partial charge in [0.05, 0.1) is 17.0 Å². The van der Waals surface area contributed by atoms with Crippen molar-refractivity contribution in [3.63, 3.8) is 0 Å². The molecular formula is C23H17ClN4O2S. The van der Waals surface area contributed by atoms with E-state index in [1.807, 2.05) is 42.5 Å². The minimum atomic E-state index is 0.0118. The Kier molecular flexibility index (Phi) is 5.29. The Morgan fingerprint density at radius 1 is 1.06 bits per heavy atom. The van der Waals surface area contributed by atoms with Gasteiger partial charge in [0.1, 0.15) is 0 Å². The lowest BCUT2D eigenvalue weighted by molar-refractivity contribution is 0.0961. The van der Waals surface area contributed by atoms with Gasteiger partial charge in [0.25, 0.3) is 5.78 Å². The Labute approximate surface area is 187 Å². The molecule has 0 amide bonds. The molecular weight excluding hydrogens is 432 g/mol. The van der Waals surface area contributed by atoms with Crippen LogP contribution in [0.1, 0.15) is 44.3 Å². The zero-order valence-corrected chi connectivity index (χ0v) is 17.9. The van der Waals surface area contributed by atoms with E-state index in [1.54, 1.807) is 18.3 Å². The van der Waals surface area contributed by atoms with Gasteiger partial charge < -0.3 is 0 Å². The van der Waals surface area contributed by atoms with Crippen molar-refractivity contribution < 1.29 is 9.59 Å². The lowest BCUT2D eigenvalue weighted by Gasteiger charge is -2.23. The fourth-order valence-corrected chi connectivity index (χ4v) is 4.58. The van der Waals surface area contributed by atoms with Crippen molar-refractivity contribution in [3.8, 4) is 0 Å². The maximum atomic E-state index is 12.8. The Morgan fingerprint density at radius 3 is 2.61 bits per heavy atom. The molecule has 4 aromatic rings. The second-order valence-corrected chi connectivity index (χ2v) is 8.78. The monoisotopic (exact) mass is 448 g/mol. The second-order valence-electron chi connectivity index (χ2n) is 7.40. The quantitative estimate of drug-likeness (QED) is 0.326. The standard InChI is InChI=1S/C23H17ClN4O2S/c24-17-8-6-14(7-9-17)16-10-19-18(20(29)11-16)12-28-22(25-19)26-23(27-28)31-13-21(30)15-4-2-1-3-5-15/h1-9,12,16H,10-11,13H2. The van der Waals surface area contributed by atoms with Crippen LogP contribution in [0.4, 0.5) is 0 Å². The number of hydrogen-bond donors (Lipinski definition) is 0. The normalized spacial score (nSPS) is 15.8. The lowest BCUT2D eigenvalue weighted by Crippen LogP contribution is -2.21. The molecule has 8 heteroatoms. The smallest absolute Gasteiger partial charge is 0.253 e. The van der Waals surface area contributed by atoms with E-state index in [0.717, 1.165) is 11.3 Å². The molecule has 6 nitrogen and oxygen atoms in total. The van der Waals surface area contributed by atoms with Crippen LogP contribution in [0.5, 0.6) is 0 Å². The number of carbonyl (C=O) groups is 2. The number of benzene rings is 2. The number of aromatic nitrogens is 4. The number of halogens is 1. The van der Waals surface area contributed by atoms with E-state index in [-0.39, 0.29) is 23.2 Å². The summed E-state index contributed by atoms with van der Waals surface area (Å²) in [7, 11) is 0. The highest BCUT2D eigenvalue weighted by molar-refractivity contribution is 7.99. The Balaban J connectivity index is 1.37. The van der Waals surface area contributed by atoms with Crippen molar-refractivity contribution in [2.75, 3.05) is 5.75 Å². The molecule has 2 aromatic heterocycles. The summed E-state index contributed by atoms with van der Waals surface area (Å²) in [5.41, 5.74) is 3.04. The fraction of sp³-hybridized carbons (Fsp3) is 0.174. The van der Waals surface area contributed by atoms with Crippen LogP contribution >= 0.6 is 23.4 Å². The van der Waals surface area contributed by atoms with E-state index >= 15 is 0 Å². The largest absolute Gasteiger partial charge is 0.294 e. The third-order valence-corrected chi connectivity index (χ3v) is 6.42. The molecule has 1 aliphatic rings. The van der Waals surface area contributed by atoms with Gasteiger partial charge in [0.2, 0.25) is 5.16 Å². The average Bonchev–Trinajstić information content (AvgIpc) is 3.19. The highest BCUT2D eigenvalue weighted by Crippen LogP contribution is 2.32. The van der Waals surface area contributed by atoms with Crippen LogP contribution in [-0.4, -0.2) is 36.9 Å². The van der Waals surface area contributed by atoms with E-state index in [2.05, 4.69) is 15.1 Å². The molecule has 1 unspecified atom stereocenters. The molecule has 0 aliphatic heterocycles. The van der Waals surface area contributed by atoms with Crippen LogP contribution in [0.15, 0.2) is 66.0 Å². The predicted molar refractivity (Wildman–Crippen MR) is 119 cm³/mol. The first-order valence-corrected chi connectivity index (χ1v) is 11.2. The number of fused-ring (bicyclic) bond motifs is 2. The molecule has 0 fully saturated rings. The fourth-order valence-electron chi connectivity index (χ4n) is 3.73.